The van der Waals surface area contributed by atoms with E-state index in [0.717, 1.165) is 25.3 Å². The van der Waals surface area contributed by atoms with Crippen LogP contribution in [-0.2, 0) is 4.79 Å². The van der Waals surface area contributed by atoms with Crippen LogP contribution in [-0.4, -0.2) is 31.6 Å². The molecule has 20 heavy (non-hydrogen) atoms. The van der Waals surface area contributed by atoms with Crippen LogP contribution in [0.1, 0.15) is 33.1 Å². The van der Waals surface area contributed by atoms with Crippen molar-refractivity contribution in [2.75, 3.05) is 29.9 Å². The van der Waals surface area contributed by atoms with Crippen LogP contribution >= 0.6 is 0 Å². The maximum absolute atomic E-state index is 11.9. The monoisotopic (exact) mass is 275 g/mol. The number of hydrogen-bond donors (Lipinski definition) is 2. The number of hydrogen-bond acceptors (Lipinski definition) is 3. The Morgan fingerprint density at radius 2 is 2.05 bits per heavy atom. The van der Waals surface area contributed by atoms with E-state index in [2.05, 4.69) is 41.5 Å². The fourth-order valence-electron chi connectivity index (χ4n) is 2.45. The van der Waals surface area contributed by atoms with E-state index in [9.17, 15) is 4.79 Å². The van der Waals surface area contributed by atoms with Crippen molar-refractivity contribution in [1.82, 2.24) is 5.32 Å². The third-order valence-electron chi connectivity index (χ3n) is 3.51. The molecule has 0 aromatic heterocycles. The van der Waals surface area contributed by atoms with Gasteiger partial charge in [0, 0.05) is 43.5 Å². The average Bonchev–Trinajstić information content (AvgIpc) is 2.92. The van der Waals surface area contributed by atoms with E-state index >= 15 is 0 Å². The lowest BCUT2D eigenvalue weighted by Gasteiger charge is -2.18. The van der Waals surface area contributed by atoms with Gasteiger partial charge in [0.25, 0.3) is 0 Å². The zero-order chi connectivity index (χ0) is 14.4. The zero-order valence-electron chi connectivity index (χ0n) is 12.5. The van der Waals surface area contributed by atoms with Crippen molar-refractivity contribution in [2.24, 2.45) is 0 Å². The van der Waals surface area contributed by atoms with Gasteiger partial charge in [-0.2, -0.15) is 0 Å². The minimum Gasteiger partial charge on any atom is -0.371 e. The Morgan fingerprint density at radius 1 is 1.30 bits per heavy atom. The highest BCUT2D eigenvalue weighted by molar-refractivity contribution is 5.91. The molecule has 1 aliphatic heterocycles. The summed E-state index contributed by atoms with van der Waals surface area (Å²) in [5.41, 5.74) is 2.10. The van der Waals surface area contributed by atoms with Crippen LogP contribution in [0.3, 0.4) is 0 Å². The standard InChI is InChI=1S/C16H25N3O/c1-13(2)17-9-8-16(20)18-14-6-5-7-15(12-14)19-10-3-4-11-19/h5-7,12-13,17H,3-4,8-11H2,1-2H3,(H,18,20). The van der Waals surface area contributed by atoms with Crippen molar-refractivity contribution >= 4 is 17.3 Å². The largest absolute Gasteiger partial charge is 0.371 e. The summed E-state index contributed by atoms with van der Waals surface area (Å²) in [4.78, 5) is 14.2. The van der Waals surface area contributed by atoms with Crippen LogP contribution in [0.4, 0.5) is 11.4 Å². The summed E-state index contributed by atoms with van der Waals surface area (Å²) in [5, 5.41) is 6.22. The van der Waals surface area contributed by atoms with E-state index in [-0.39, 0.29) is 5.91 Å². The summed E-state index contributed by atoms with van der Waals surface area (Å²) < 4.78 is 0. The Labute approximate surface area is 121 Å². The lowest BCUT2D eigenvalue weighted by atomic mass is 10.2. The Bertz CT molecular complexity index is 439. The fourth-order valence-corrected chi connectivity index (χ4v) is 2.45. The van der Waals surface area contributed by atoms with Gasteiger partial charge in [-0.15, -0.1) is 0 Å². The van der Waals surface area contributed by atoms with Gasteiger partial charge in [0.2, 0.25) is 5.91 Å². The van der Waals surface area contributed by atoms with Gasteiger partial charge >= 0.3 is 0 Å². The highest BCUT2D eigenvalue weighted by Crippen LogP contribution is 2.23. The summed E-state index contributed by atoms with van der Waals surface area (Å²) >= 11 is 0. The van der Waals surface area contributed by atoms with E-state index in [4.69, 9.17) is 0 Å². The molecule has 2 rings (SSSR count). The van der Waals surface area contributed by atoms with Crippen molar-refractivity contribution in [3.05, 3.63) is 24.3 Å². The molecule has 0 atom stereocenters. The van der Waals surface area contributed by atoms with E-state index in [1.54, 1.807) is 0 Å². The second kappa shape index (κ2) is 7.29. The molecule has 0 bridgehead atoms. The Balaban J connectivity index is 1.85. The van der Waals surface area contributed by atoms with Gasteiger partial charge in [-0.25, -0.2) is 0 Å². The summed E-state index contributed by atoms with van der Waals surface area (Å²) in [5.74, 6) is 0.0664. The zero-order valence-corrected chi connectivity index (χ0v) is 12.5. The molecule has 1 heterocycles. The van der Waals surface area contributed by atoms with Crippen LogP contribution in [0.5, 0.6) is 0 Å². The van der Waals surface area contributed by atoms with Gasteiger partial charge in [-0.3, -0.25) is 4.79 Å². The van der Waals surface area contributed by atoms with E-state index < -0.39 is 0 Å². The number of carbonyl (C=O) groups excluding carboxylic acids is 1. The minimum atomic E-state index is 0.0664. The number of nitrogens with zero attached hydrogens (tertiary/aromatic N) is 1. The Hall–Kier alpha value is -1.55. The summed E-state index contributed by atoms with van der Waals surface area (Å²) in [6.45, 7) is 7.12. The van der Waals surface area contributed by atoms with Gasteiger partial charge in [-0.1, -0.05) is 19.9 Å². The lowest BCUT2D eigenvalue weighted by molar-refractivity contribution is -0.116. The number of anilines is 2. The Morgan fingerprint density at radius 3 is 2.75 bits per heavy atom. The number of nitrogens with one attached hydrogen (secondary N) is 2. The maximum atomic E-state index is 11.9. The van der Waals surface area contributed by atoms with E-state index in [0.29, 0.717) is 12.5 Å². The van der Waals surface area contributed by atoms with Gasteiger partial charge in [0.1, 0.15) is 0 Å². The van der Waals surface area contributed by atoms with Gasteiger partial charge in [0.05, 0.1) is 0 Å². The first-order chi connectivity index (χ1) is 9.65. The van der Waals surface area contributed by atoms with Crippen LogP contribution < -0.4 is 15.5 Å². The molecular weight excluding hydrogens is 250 g/mol. The SMILES string of the molecule is CC(C)NCCC(=O)Nc1cccc(N2CCCC2)c1. The average molecular weight is 275 g/mol. The molecule has 110 valence electrons. The van der Waals surface area contributed by atoms with Crippen molar-refractivity contribution < 1.29 is 4.79 Å². The molecule has 1 amide bonds. The lowest BCUT2D eigenvalue weighted by Crippen LogP contribution is -2.27. The molecule has 0 spiro atoms. The van der Waals surface area contributed by atoms with Crippen molar-refractivity contribution in [3.63, 3.8) is 0 Å². The smallest absolute Gasteiger partial charge is 0.225 e. The molecule has 4 nitrogen and oxygen atoms in total. The molecule has 0 saturated carbocycles. The highest BCUT2D eigenvalue weighted by Gasteiger charge is 2.12. The molecule has 4 heteroatoms. The topological polar surface area (TPSA) is 44.4 Å². The molecule has 2 N–H and O–H groups in total. The highest BCUT2D eigenvalue weighted by atomic mass is 16.1. The van der Waals surface area contributed by atoms with E-state index in [1.165, 1.54) is 18.5 Å². The van der Waals surface area contributed by atoms with Crippen molar-refractivity contribution in [2.45, 2.75) is 39.2 Å². The van der Waals surface area contributed by atoms with Gasteiger partial charge in [0.15, 0.2) is 0 Å². The van der Waals surface area contributed by atoms with Crippen LogP contribution in [0.2, 0.25) is 0 Å². The van der Waals surface area contributed by atoms with Crippen LogP contribution in [0, 0.1) is 0 Å². The number of benzene rings is 1. The first-order valence-corrected chi connectivity index (χ1v) is 7.53. The number of amides is 1. The van der Waals surface area contributed by atoms with Gasteiger partial charge in [-0.05, 0) is 31.0 Å². The molecule has 0 unspecified atom stereocenters. The van der Waals surface area contributed by atoms with E-state index in [1.807, 2.05) is 12.1 Å². The normalized spacial score (nSPS) is 14.8. The first-order valence-electron chi connectivity index (χ1n) is 7.53. The summed E-state index contributed by atoms with van der Waals surface area (Å²) in [6, 6.07) is 8.56. The summed E-state index contributed by atoms with van der Waals surface area (Å²) in [7, 11) is 0. The predicted molar refractivity (Wildman–Crippen MR) is 84.3 cm³/mol. The third-order valence-corrected chi connectivity index (χ3v) is 3.51. The third kappa shape index (κ3) is 4.53. The quantitative estimate of drug-likeness (QED) is 0.839. The molecular formula is C16H25N3O. The summed E-state index contributed by atoms with van der Waals surface area (Å²) in [6.07, 6.45) is 3.03. The van der Waals surface area contributed by atoms with Gasteiger partial charge < -0.3 is 15.5 Å². The molecule has 1 fully saturated rings. The predicted octanol–water partition coefficient (Wildman–Crippen LogP) is 2.61. The number of carbonyl (C=O) groups is 1. The molecule has 1 aromatic rings. The van der Waals surface area contributed by atoms with Crippen molar-refractivity contribution in [3.8, 4) is 0 Å². The van der Waals surface area contributed by atoms with Crippen molar-refractivity contribution in [1.29, 1.82) is 0 Å². The number of rotatable bonds is 6. The minimum absolute atomic E-state index is 0.0664. The first kappa shape index (κ1) is 14.9. The molecule has 0 radical (unpaired) electrons. The molecule has 0 aliphatic carbocycles. The molecule has 1 aliphatic rings. The fraction of sp³-hybridized carbons (Fsp3) is 0.562. The second-order valence-electron chi connectivity index (χ2n) is 5.65. The maximum Gasteiger partial charge on any atom is 0.225 e. The Kier molecular flexibility index (Phi) is 5.41. The van der Waals surface area contributed by atoms with Crippen LogP contribution in [0.15, 0.2) is 24.3 Å². The molecule has 1 aromatic carbocycles. The second-order valence-corrected chi connectivity index (χ2v) is 5.65. The van der Waals surface area contributed by atoms with Crippen LogP contribution in [0.25, 0.3) is 0 Å². The molecule has 1 saturated heterocycles.